The molecule has 3 aromatic rings. The highest BCUT2D eigenvalue weighted by atomic mass is 19.1. The summed E-state index contributed by atoms with van der Waals surface area (Å²) >= 11 is 0. The molecule has 1 N–H and O–H groups in total. The van der Waals surface area contributed by atoms with Crippen LogP contribution in [0.4, 0.5) is 14.6 Å². The summed E-state index contributed by atoms with van der Waals surface area (Å²) in [6.45, 7) is 11.1. The van der Waals surface area contributed by atoms with Crippen LogP contribution in [0.3, 0.4) is 0 Å². The number of methoxy groups -OCH3 is 1. The third kappa shape index (κ3) is 13.4. The summed E-state index contributed by atoms with van der Waals surface area (Å²) in [6, 6.07) is 11.4. The summed E-state index contributed by atoms with van der Waals surface area (Å²) < 4.78 is 26.8. The number of aromatic nitrogens is 4. The fraction of sp³-hybridized carbons (Fsp3) is 0.469. The molecule has 4 heterocycles. The van der Waals surface area contributed by atoms with Crippen molar-refractivity contribution >= 4 is 23.2 Å². The van der Waals surface area contributed by atoms with E-state index in [0.29, 0.717) is 36.5 Å². The maximum atomic E-state index is 13.1. The fourth-order valence-corrected chi connectivity index (χ4v) is 4.02. The molecule has 1 saturated heterocycles. The molecule has 246 valence electrons. The van der Waals surface area contributed by atoms with Gasteiger partial charge >= 0.3 is 0 Å². The Morgan fingerprint density at radius 1 is 1.00 bits per heavy atom. The zero-order valence-electron chi connectivity index (χ0n) is 27.4. The van der Waals surface area contributed by atoms with Crippen LogP contribution in [-0.2, 0) is 20.9 Å². The van der Waals surface area contributed by atoms with Gasteiger partial charge in [0.15, 0.2) is 11.9 Å². The average molecular weight is 630 g/mol. The summed E-state index contributed by atoms with van der Waals surface area (Å²) in [5.74, 6) is 0.821. The van der Waals surface area contributed by atoms with Crippen molar-refractivity contribution in [3.05, 3.63) is 76.8 Å². The predicted molar refractivity (Wildman–Crippen MR) is 170 cm³/mol. The predicted octanol–water partition coefficient (Wildman–Crippen LogP) is 5.58. The topological polar surface area (TPSA) is 132 Å². The number of halogens is 2. The Balaban J connectivity index is 0.000000815. The van der Waals surface area contributed by atoms with Gasteiger partial charge in [-0.25, -0.2) is 14.4 Å². The van der Waals surface area contributed by atoms with Gasteiger partial charge in [-0.15, -0.1) is 10.2 Å². The molecule has 5 rings (SSSR count). The van der Waals surface area contributed by atoms with Gasteiger partial charge in [-0.05, 0) is 69.5 Å². The van der Waals surface area contributed by atoms with Gasteiger partial charge in [0.1, 0.15) is 34.5 Å². The highest BCUT2D eigenvalue weighted by Gasteiger charge is 2.27. The van der Waals surface area contributed by atoms with E-state index >= 15 is 0 Å². The second-order valence-electron chi connectivity index (χ2n) is 9.66. The quantitative estimate of drug-likeness (QED) is 0.371. The maximum absolute atomic E-state index is 13.1. The average Bonchev–Trinajstić information content (AvgIpc) is 3.76. The SMILES string of the molecule is CC.CC(C)=O.CF.COC.Cc1nc(C(=O)NCc2ccc(F)cc2)cc(C2=NOC(c3ccc(N4CCCC4)nn3)C2)n1. The van der Waals surface area contributed by atoms with Crippen molar-refractivity contribution < 1.29 is 27.9 Å². The molecule has 0 bridgehead atoms. The lowest BCUT2D eigenvalue weighted by molar-refractivity contribution is -0.115. The van der Waals surface area contributed by atoms with Crippen LogP contribution in [0, 0.1) is 12.7 Å². The highest BCUT2D eigenvalue weighted by molar-refractivity contribution is 6.02. The maximum Gasteiger partial charge on any atom is 0.270 e. The number of aryl methyl sites for hydroxylation is 1. The summed E-state index contributed by atoms with van der Waals surface area (Å²) in [4.78, 5) is 38.6. The van der Waals surface area contributed by atoms with Gasteiger partial charge in [0.2, 0.25) is 0 Å². The first-order chi connectivity index (χ1) is 21.7. The third-order valence-corrected chi connectivity index (χ3v) is 5.83. The molecule has 0 radical (unpaired) electrons. The first-order valence-corrected chi connectivity index (χ1v) is 14.6. The zero-order chi connectivity index (χ0) is 33.8. The largest absolute Gasteiger partial charge is 0.388 e. The van der Waals surface area contributed by atoms with Crippen molar-refractivity contribution in [2.24, 2.45) is 5.16 Å². The number of rotatable bonds is 6. The molecule has 1 amide bonds. The second-order valence-corrected chi connectivity index (χ2v) is 9.66. The van der Waals surface area contributed by atoms with Gasteiger partial charge in [-0.2, -0.15) is 0 Å². The minimum absolute atomic E-state index is 0.167. The minimum atomic E-state index is -0.360. The molecule has 0 saturated carbocycles. The van der Waals surface area contributed by atoms with Crippen LogP contribution >= 0.6 is 0 Å². The number of anilines is 1. The molecule has 1 fully saturated rings. The fourth-order valence-electron chi connectivity index (χ4n) is 4.02. The molecule has 45 heavy (non-hydrogen) atoms. The first-order valence-electron chi connectivity index (χ1n) is 14.6. The van der Waals surface area contributed by atoms with E-state index in [1.54, 1.807) is 39.3 Å². The Morgan fingerprint density at radius 2 is 1.60 bits per heavy atom. The van der Waals surface area contributed by atoms with Crippen LogP contribution in [0.1, 0.15) is 86.3 Å². The molecule has 0 aliphatic carbocycles. The van der Waals surface area contributed by atoms with E-state index in [1.165, 1.54) is 38.8 Å². The van der Waals surface area contributed by atoms with Crippen LogP contribution in [0.25, 0.3) is 0 Å². The number of hydrogen-bond acceptors (Lipinski definition) is 10. The monoisotopic (exact) mass is 629 g/mol. The van der Waals surface area contributed by atoms with Gasteiger partial charge in [0.05, 0.1) is 12.9 Å². The summed E-state index contributed by atoms with van der Waals surface area (Å²) in [5.41, 5.74) is 2.86. The Hall–Kier alpha value is -4.39. The van der Waals surface area contributed by atoms with E-state index in [1.807, 2.05) is 26.0 Å². The van der Waals surface area contributed by atoms with E-state index in [0.717, 1.165) is 24.5 Å². The zero-order valence-corrected chi connectivity index (χ0v) is 27.4. The standard InChI is InChI=1S/C24H24FN7O2.C3H6O.C2H6O.C2H6.CH3F/c1-15-27-19(12-21(28-15)24(33)26-14-16-4-6-17(25)7-5-16)20-13-22(34-31-20)18-8-9-23(30-29-18)32-10-2-3-11-32;1-3(2)4;1-3-2;2*1-2/h4-9,12,22H,2-3,10-11,13-14H2,1H3,(H,26,33);1-2H3;1-2H3;1-2H3;1H3. The first kappa shape index (κ1) is 38.6. The number of oxime groups is 1. The van der Waals surface area contributed by atoms with Gasteiger partial charge in [-0.3, -0.25) is 9.18 Å². The number of carbonyl (C=O) groups is 2. The second kappa shape index (κ2) is 21.3. The molecule has 1 atom stereocenters. The number of nitrogens with zero attached hydrogens (tertiary/aromatic N) is 6. The van der Waals surface area contributed by atoms with Gasteiger partial charge in [-0.1, -0.05) is 31.1 Å². The number of Topliss-reactive ketones (excluding diaryl/α,β-unsaturated/α-hetero) is 1. The number of ketones is 1. The molecule has 1 unspecified atom stereocenters. The lowest BCUT2D eigenvalue weighted by Crippen LogP contribution is -2.25. The third-order valence-electron chi connectivity index (χ3n) is 5.83. The van der Waals surface area contributed by atoms with Crippen molar-refractivity contribution in [3.63, 3.8) is 0 Å². The van der Waals surface area contributed by atoms with Crippen molar-refractivity contribution in [1.82, 2.24) is 25.5 Å². The summed E-state index contributed by atoms with van der Waals surface area (Å²) in [7, 11) is 3.75. The lowest BCUT2D eigenvalue weighted by atomic mass is 10.1. The number of alkyl halides is 1. The number of ether oxygens (including phenoxy) is 1. The van der Waals surface area contributed by atoms with Crippen molar-refractivity contribution in [2.75, 3.05) is 39.4 Å². The van der Waals surface area contributed by atoms with E-state index in [4.69, 9.17) is 4.84 Å². The van der Waals surface area contributed by atoms with Crippen LogP contribution < -0.4 is 10.2 Å². The highest BCUT2D eigenvalue weighted by Crippen LogP contribution is 2.28. The van der Waals surface area contributed by atoms with Gasteiger partial charge in [0, 0.05) is 40.3 Å². The Kier molecular flexibility index (Phi) is 18.3. The lowest BCUT2D eigenvalue weighted by Gasteiger charge is -2.16. The summed E-state index contributed by atoms with van der Waals surface area (Å²) in [5, 5.41) is 15.7. The van der Waals surface area contributed by atoms with Crippen molar-refractivity contribution in [2.45, 2.75) is 66.5 Å². The van der Waals surface area contributed by atoms with Gasteiger partial charge < -0.3 is 24.6 Å². The van der Waals surface area contributed by atoms with Crippen LogP contribution in [0.15, 0.2) is 47.6 Å². The number of benzene rings is 1. The molecule has 2 aliphatic heterocycles. The van der Waals surface area contributed by atoms with Crippen molar-refractivity contribution in [1.29, 1.82) is 0 Å². The number of hydrogen-bond donors (Lipinski definition) is 1. The van der Waals surface area contributed by atoms with Crippen LogP contribution in [0.5, 0.6) is 0 Å². The molecular weight excluding hydrogens is 584 g/mol. The molecule has 2 aromatic heterocycles. The molecule has 0 spiro atoms. The van der Waals surface area contributed by atoms with E-state index in [2.05, 4.69) is 40.3 Å². The van der Waals surface area contributed by atoms with E-state index < -0.39 is 0 Å². The molecule has 13 heteroatoms. The Bertz CT molecular complexity index is 1330. The normalized spacial score (nSPS) is 14.4. The number of nitrogens with one attached hydrogen (secondary N) is 1. The number of carbonyl (C=O) groups excluding carboxylic acids is 2. The minimum Gasteiger partial charge on any atom is -0.388 e. The molecular formula is C32H45F2N7O4. The molecule has 2 aliphatic rings. The smallest absolute Gasteiger partial charge is 0.270 e. The van der Waals surface area contributed by atoms with Crippen LogP contribution in [0.2, 0.25) is 0 Å². The Morgan fingerprint density at radius 3 is 2.16 bits per heavy atom. The van der Waals surface area contributed by atoms with E-state index in [9.17, 15) is 18.4 Å². The number of amides is 1. The van der Waals surface area contributed by atoms with Crippen LogP contribution in [-0.4, -0.2) is 72.1 Å². The Labute approximate surface area is 264 Å². The van der Waals surface area contributed by atoms with Gasteiger partial charge in [0.25, 0.3) is 5.91 Å². The van der Waals surface area contributed by atoms with E-state index in [-0.39, 0.29) is 35.9 Å². The summed E-state index contributed by atoms with van der Waals surface area (Å²) in [6.07, 6.45) is 2.46. The molecule has 1 aromatic carbocycles. The van der Waals surface area contributed by atoms with Crippen molar-refractivity contribution in [3.8, 4) is 0 Å². The molecule has 11 nitrogen and oxygen atoms in total.